The predicted octanol–water partition coefficient (Wildman–Crippen LogP) is 10.6. The van der Waals surface area contributed by atoms with Crippen LogP contribution in [0.3, 0.4) is 0 Å². The van der Waals surface area contributed by atoms with E-state index in [4.69, 9.17) is 9.40 Å². The van der Waals surface area contributed by atoms with Crippen molar-refractivity contribution >= 4 is 39.6 Å². The molecule has 0 bridgehead atoms. The van der Waals surface area contributed by atoms with Crippen LogP contribution in [-0.2, 0) is 32.9 Å². The summed E-state index contributed by atoms with van der Waals surface area (Å²) in [5.74, 6) is 8.53. The molecule has 3 aromatic carbocycles. The first-order valence-electron chi connectivity index (χ1n) is 16.6. The van der Waals surface area contributed by atoms with Crippen LogP contribution in [0.4, 0.5) is 4.39 Å². The average Bonchev–Trinajstić information content (AvgIpc) is 3.69. The summed E-state index contributed by atoms with van der Waals surface area (Å²) >= 11 is -1.86. The quantitative estimate of drug-likeness (QED) is 0.119. The summed E-state index contributed by atoms with van der Waals surface area (Å²) in [6, 6.07) is 29.8. The van der Waals surface area contributed by atoms with Gasteiger partial charge in [0.25, 0.3) is 0 Å². The molecule has 0 unspecified atom stereocenters. The minimum atomic E-state index is -1.86. The van der Waals surface area contributed by atoms with Crippen molar-refractivity contribution in [3.05, 3.63) is 114 Å². The molecular weight excluding hydrogens is 820 g/mol. The number of benzene rings is 3. The van der Waals surface area contributed by atoms with E-state index in [1.807, 2.05) is 30.5 Å². The number of hydrogen-bond acceptors (Lipinski definition) is 3. The van der Waals surface area contributed by atoms with Crippen molar-refractivity contribution in [2.24, 2.45) is 11.8 Å². The summed E-state index contributed by atoms with van der Waals surface area (Å²) in [4.78, 5) is 9.22. The fourth-order valence-corrected chi connectivity index (χ4v) is 9.99. The molecular formula is C41H43FGeIrN2O-2. The van der Waals surface area contributed by atoms with Crippen LogP contribution in [-0.4, -0.2) is 23.2 Å². The molecule has 1 radical (unpaired) electrons. The zero-order valence-corrected chi connectivity index (χ0v) is 32.5. The fraction of sp³-hybridized carbons (Fsp3) is 0.317. The Balaban J connectivity index is 0.000000188. The first kappa shape index (κ1) is 35.2. The number of furan rings is 1. The van der Waals surface area contributed by atoms with Gasteiger partial charge in [0.15, 0.2) is 0 Å². The molecule has 0 N–H and O–H groups in total. The molecule has 1 saturated carbocycles. The van der Waals surface area contributed by atoms with Crippen molar-refractivity contribution in [1.29, 1.82) is 0 Å². The molecule has 0 atom stereocenters. The van der Waals surface area contributed by atoms with Crippen LogP contribution >= 0.6 is 0 Å². The maximum absolute atomic E-state index is 14.3. The number of fused-ring (bicyclic) bond motifs is 3. The van der Waals surface area contributed by atoms with Crippen LogP contribution in [0.15, 0.2) is 89.6 Å². The van der Waals surface area contributed by atoms with Gasteiger partial charge in [0.1, 0.15) is 11.4 Å². The van der Waals surface area contributed by atoms with Gasteiger partial charge >= 0.3 is 126 Å². The Morgan fingerprint density at radius 2 is 1.68 bits per heavy atom. The molecule has 0 spiro atoms. The minimum absolute atomic E-state index is 0. The van der Waals surface area contributed by atoms with Gasteiger partial charge in [0.2, 0.25) is 0 Å². The summed E-state index contributed by atoms with van der Waals surface area (Å²) < 4.78 is 21.6. The third kappa shape index (κ3) is 8.49. The molecule has 1 aliphatic rings. The number of nitrogens with zero attached hydrogens (tertiary/aromatic N) is 2. The third-order valence-corrected chi connectivity index (χ3v) is 13.2. The molecule has 245 valence electrons. The molecule has 3 nitrogen and oxygen atoms in total. The summed E-state index contributed by atoms with van der Waals surface area (Å²) in [7, 11) is 0. The number of hydrogen-bond donors (Lipinski definition) is 0. The number of halogens is 1. The van der Waals surface area contributed by atoms with Crippen molar-refractivity contribution < 1.29 is 28.9 Å². The zero-order valence-electron chi connectivity index (χ0n) is 28.0. The molecule has 0 saturated heterocycles. The number of pyridine rings is 2. The Morgan fingerprint density at radius 1 is 0.894 bits per heavy atom. The summed E-state index contributed by atoms with van der Waals surface area (Å²) in [6.07, 6.45) is 11.6. The van der Waals surface area contributed by atoms with Crippen LogP contribution in [0, 0.1) is 29.8 Å². The van der Waals surface area contributed by atoms with Gasteiger partial charge in [0.05, 0.1) is 5.58 Å². The van der Waals surface area contributed by atoms with E-state index >= 15 is 0 Å². The van der Waals surface area contributed by atoms with Crippen molar-refractivity contribution in [1.82, 2.24) is 9.97 Å². The van der Waals surface area contributed by atoms with Crippen LogP contribution in [0.1, 0.15) is 50.7 Å². The second-order valence-electron chi connectivity index (χ2n) is 14.1. The molecule has 47 heavy (non-hydrogen) atoms. The molecule has 3 aromatic heterocycles. The first-order valence-corrected chi connectivity index (χ1v) is 23.9. The maximum atomic E-state index is 14.3. The fourth-order valence-electron chi connectivity index (χ4n) is 6.65. The maximum Gasteiger partial charge on any atom is 0.133 e. The summed E-state index contributed by atoms with van der Waals surface area (Å²) in [6.45, 7) is 4.57. The first-order chi connectivity index (χ1) is 22.2. The standard InChI is InChI=1S/C23H19FNO.C18H24GeN.Ir/c24-19-6-3-7-22-23(19)18-14-17(8-9-21(18)26-22)20-13-16(10-11-25-20)12-15-4-1-2-5-15;1-14(2)11-16-12-18(15-9-7-6-8-10-15)20-13-17(16)19(3,4)5;/h3,6-7,9-11,13-15H,1-2,4-5,12H2;6-9,12-14H,11H2,1-5H3;/q2*-1;. The van der Waals surface area contributed by atoms with E-state index in [9.17, 15) is 4.39 Å². The smallest absolute Gasteiger partial charge is 0.133 e. The molecule has 7 rings (SSSR count). The normalized spacial score (nSPS) is 13.5. The molecule has 0 amide bonds. The topological polar surface area (TPSA) is 38.9 Å². The summed E-state index contributed by atoms with van der Waals surface area (Å²) in [5.41, 5.74) is 7.92. The summed E-state index contributed by atoms with van der Waals surface area (Å²) in [5, 5.41) is 1.30. The third-order valence-electron chi connectivity index (χ3n) is 8.89. The minimum Gasteiger partial charge on any atom is -0.500 e. The van der Waals surface area contributed by atoms with Gasteiger partial charge in [-0.1, -0.05) is 48.8 Å². The molecule has 1 fully saturated rings. The Kier molecular flexibility index (Phi) is 11.5. The van der Waals surface area contributed by atoms with Crippen LogP contribution in [0.2, 0.25) is 17.3 Å². The Labute approximate surface area is 295 Å². The van der Waals surface area contributed by atoms with Crippen LogP contribution in [0.5, 0.6) is 0 Å². The molecule has 6 heteroatoms. The molecule has 3 heterocycles. The second kappa shape index (κ2) is 15.4. The van der Waals surface area contributed by atoms with Gasteiger partial charge < -0.3 is 9.40 Å². The average molecular weight is 864 g/mol. The van der Waals surface area contributed by atoms with Crippen molar-refractivity contribution in [2.75, 3.05) is 0 Å². The molecule has 1 aliphatic carbocycles. The largest absolute Gasteiger partial charge is 0.500 e. The van der Waals surface area contributed by atoms with Gasteiger partial charge in [0, 0.05) is 31.7 Å². The molecule has 6 aromatic rings. The Morgan fingerprint density at radius 3 is 2.40 bits per heavy atom. The second-order valence-corrected chi connectivity index (χ2v) is 24.7. The van der Waals surface area contributed by atoms with E-state index in [2.05, 4.69) is 78.7 Å². The number of rotatable bonds is 7. The predicted molar refractivity (Wildman–Crippen MR) is 191 cm³/mol. The van der Waals surface area contributed by atoms with E-state index in [1.165, 1.54) is 42.9 Å². The van der Waals surface area contributed by atoms with Gasteiger partial charge in [-0.2, -0.15) is 0 Å². The van der Waals surface area contributed by atoms with E-state index in [0.717, 1.165) is 46.7 Å². The molecule has 0 aliphatic heterocycles. The van der Waals surface area contributed by atoms with Gasteiger partial charge in [-0.3, -0.25) is 0 Å². The SMILES string of the molecule is CC(C)Cc1cc(-c2[c-]cccc2)nc[c]1[Ge]([CH3])([CH3])[CH3].Fc1cccc2oc3c[c-]c(-c4cc(CC5CCCC5)ccn4)cc3c12.[Ir]. The number of aromatic nitrogens is 2. The van der Waals surface area contributed by atoms with Gasteiger partial charge in [-0.05, 0) is 36.2 Å². The van der Waals surface area contributed by atoms with Crippen molar-refractivity contribution in [3.63, 3.8) is 0 Å². The van der Waals surface area contributed by atoms with E-state index in [-0.39, 0.29) is 25.9 Å². The van der Waals surface area contributed by atoms with Gasteiger partial charge in [-0.15, -0.1) is 23.8 Å². The van der Waals surface area contributed by atoms with E-state index in [0.29, 0.717) is 22.5 Å². The van der Waals surface area contributed by atoms with Gasteiger partial charge in [-0.25, -0.2) is 4.39 Å². The van der Waals surface area contributed by atoms with Crippen molar-refractivity contribution in [2.45, 2.75) is 69.6 Å². The van der Waals surface area contributed by atoms with Crippen LogP contribution in [0.25, 0.3) is 44.5 Å². The van der Waals surface area contributed by atoms with E-state index < -0.39 is 13.3 Å². The zero-order chi connectivity index (χ0) is 32.3. The Hall–Kier alpha value is -3.12. The van der Waals surface area contributed by atoms with E-state index in [1.54, 1.807) is 22.6 Å². The van der Waals surface area contributed by atoms with Crippen LogP contribution < -0.4 is 4.40 Å². The Bertz CT molecular complexity index is 1940. The van der Waals surface area contributed by atoms with Crippen molar-refractivity contribution in [3.8, 4) is 22.5 Å². The monoisotopic (exact) mass is 865 g/mol.